The van der Waals surface area contributed by atoms with Crippen molar-refractivity contribution in [3.8, 4) is 0 Å². The quantitative estimate of drug-likeness (QED) is 0.377. The summed E-state index contributed by atoms with van der Waals surface area (Å²) in [6, 6.07) is 0. The second-order valence-corrected chi connectivity index (χ2v) is 15.2. The zero-order valence-corrected chi connectivity index (χ0v) is 27.4. The normalized spacial score (nSPS) is 39.0. The average molecular weight is 617 g/mol. The molecule has 0 aromatic carbocycles. The van der Waals surface area contributed by atoms with E-state index in [0.717, 1.165) is 0 Å². The average Bonchev–Trinajstić information content (AvgIpc) is 3.12. The molecule has 4 rings (SSSR count). The van der Waals surface area contributed by atoms with Crippen molar-refractivity contribution in [3.63, 3.8) is 0 Å². The molecule has 0 saturated heterocycles. The van der Waals surface area contributed by atoms with Crippen LogP contribution in [-0.2, 0) is 38.2 Å². The van der Waals surface area contributed by atoms with Crippen molar-refractivity contribution >= 4 is 35.3 Å². The molecule has 0 aromatic rings. The molecule has 2 N–H and O–H groups in total. The third-order valence-corrected chi connectivity index (χ3v) is 12.3. The number of hydrogen-bond donors (Lipinski definition) is 2. The number of aliphatic carboxylic acids is 1. The number of Topliss-reactive ketones (excluding diaryl/α,β-unsaturated/α-hetero) is 3. The Balaban J connectivity index is 1.95. The van der Waals surface area contributed by atoms with Gasteiger partial charge in [-0.25, -0.2) is 0 Å². The molecule has 0 bridgehead atoms. The van der Waals surface area contributed by atoms with E-state index >= 15 is 0 Å². The van der Waals surface area contributed by atoms with Crippen molar-refractivity contribution in [1.29, 1.82) is 0 Å². The Kier molecular flexibility index (Phi) is 8.64. The van der Waals surface area contributed by atoms with Crippen LogP contribution in [0.15, 0.2) is 11.1 Å². The van der Waals surface area contributed by atoms with Crippen molar-refractivity contribution in [3.05, 3.63) is 11.1 Å². The van der Waals surface area contributed by atoms with Crippen LogP contribution in [0.1, 0.15) is 101 Å². The lowest BCUT2D eigenvalue weighted by Gasteiger charge is -2.62. The molecule has 0 aromatic heterocycles. The maximum atomic E-state index is 14.8. The van der Waals surface area contributed by atoms with Crippen LogP contribution in [0.2, 0.25) is 0 Å². The summed E-state index contributed by atoms with van der Waals surface area (Å²) < 4.78 is 11.9. The van der Waals surface area contributed by atoms with Crippen LogP contribution in [0, 0.1) is 45.3 Å². The first kappa shape index (κ1) is 34.0. The molecule has 2 saturated carbocycles. The Labute approximate surface area is 259 Å². The van der Waals surface area contributed by atoms with E-state index in [2.05, 4.69) is 0 Å². The highest BCUT2D eigenvalue weighted by atomic mass is 16.6. The molecule has 4 aliphatic rings. The Morgan fingerprint density at radius 3 is 2.07 bits per heavy atom. The van der Waals surface area contributed by atoms with Gasteiger partial charge in [-0.05, 0) is 42.4 Å². The maximum absolute atomic E-state index is 14.8. The first-order chi connectivity index (χ1) is 20.1. The molecule has 10 nitrogen and oxygen atoms in total. The van der Waals surface area contributed by atoms with E-state index in [9.17, 15) is 39.0 Å². The number of ketones is 3. The smallest absolute Gasteiger partial charge is 0.306 e. The summed E-state index contributed by atoms with van der Waals surface area (Å²) in [4.78, 5) is 78.8. The summed E-state index contributed by atoms with van der Waals surface area (Å²) >= 11 is 0. The van der Waals surface area contributed by atoms with Gasteiger partial charge in [0.1, 0.15) is 11.9 Å². The second-order valence-electron chi connectivity index (χ2n) is 15.2. The maximum Gasteiger partial charge on any atom is 0.306 e. The first-order valence-electron chi connectivity index (χ1n) is 15.7. The van der Waals surface area contributed by atoms with Gasteiger partial charge >= 0.3 is 17.9 Å². The highest BCUT2D eigenvalue weighted by Crippen LogP contribution is 2.72. The topological polar surface area (TPSA) is 161 Å². The summed E-state index contributed by atoms with van der Waals surface area (Å²) in [6.45, 7) is 15.2. The van der Waals surface area contributed by atoms with Gasteiger partial charge in [0.15, 0.2) is 11.9 Å². The molecule has 0 amide bonds. The molecule has 244 valence electrons. The summed E-state index contributed by atoms with van der Waals surface area (Å²) in [5.74, 6) is -5.41. The fraction of sp³-hybridized carbons (Fsp3) is 0.765. The van der Waals surface area contributed by atoms with Crippen LogP contribution < -0.4 is 0 Å². The number of aliphatic hydroxyl groups excluding tert-OH is 1. The van der Waals surface area contributed by atoms with E-state index in [0.29, 0.717) is 24.0 Å². The first-order valence-corrected chi connectivity index (χ1v) is 15.7. The van der Waals surface area contributed by atoms with Crippen molar-refractivity contribution in [2.75, 3.05) is 0 Å². The third-order valence-electron chi connectivity index (χ3n) is 12.3. The minimum absolute atomic E-state index is 0.00739. The van der Waals surface area contributed by atoms with Crippen LogP contribution >= 0.6 is 0 Å². The van der Waals surface area contributed by atoms with Gasteiger partial charge in [0.05, 0.1) is 12.0 Å². The van der Waals surface area contributed by atoms with E-state index in [4.69, 9.17) is 9.47 Å². The van der Waals surface area contributed by atoms with E-state index in [-0.39, 0.29) is 43.2 Å². The number of esters is 2. The lowest BCUT2D eigenvalue weighted by atomic mass is 9.42. The molecule has 44 heavy (non-hydrogen) atoms. The Hall–Kier alpha value is -2.88. The highest BCUT2D eigenvalue weighted by molar-refractivity contribution is 6.13. The summed E-state index contributed by atoms with van der Waals surface area (Å²) in [6.07, 6.45) is -1.78. The largest absolute Gasteiger partial charge is 0.481 e. The number of rotatable bonds is 8. The fourth-order valence-electron chi connectivity index (χ4n) is 9.78. The molecule has 0 spiro atoms. The van der Waals surface area contributed by atoms with Gasteiger partial charge in [-0.1, -0.05) is 48.5 Å². The minimum atomic E-state index is -1.32. The highest BCUT2D eigenvalue weighted by Gasteiger charge is 2.75. The molecule has 2 fully saturated rings. The summed E-state index contributed by atoms with van der Waals surface area (Å²) in [5.41, 5.74) is -3.35. The van der Waals surface area contributed by atoms with Gasteiger partial charge in [0, 0.05) is 60.5 Å². The number of hydrogen-bond acceptors (Lipinski definition) is 9. The van der Waals surface area contributed by atoms with Crippen molar-refractivity contribution in [2.24, 2.45) is 45.3 Å². The zero-order chi connectivity index (χ0) is 33.3. The van der Waals surface area contributed by atoms with Gasteiger partial charge in [-0.2, -0.15) is 0 Å². The Morgan fingerprint density at radius 1 is 0.932 bits per heavy atom. The molecule has 3 unspecified atom stereocenters. The predicted octanol–water partition coefficient (Wildman–Crippen LogP) is 4.24. The summed E-state index contributed by atoms with van der Waals surface area (Å²) in [7, 11) is 0. The summed E-state index contributed by atoms with van der Waals surface area (Å²) in [5, 5.41) is 20.3. The second kappa shape index (κ2) is 11.2. The molecular formula is C34H48O10. The van der Waals surface area contributed by atoms with Crippen LogP contribution in [0.4, 0.5) is 0 Å². The number of carbonyl (C=O) groups is 6. The number of fused-ring (bicyclic) bond motifs is 4. The minimum Gasteiger partial charge on any atom is -0.481 e. The number of carbonyl (C=O) groups excluding carboxylic acids is 5. The standard InChI is InChI=1S/C34H48O10/c1-16(12-20(37)13-17(2)30(41)42)21-14-25(43-18(3)35)34(9)26-22(38)15-23-31(5,6)24(39)10-11-32(23,7)27(26)28(40)29(33(21,34)8)44-19(4)36/h16-17,21,23-25,29,39H,10-15H2,1-9H3,(H,41,42)/t16-,17?,21-,23+,24+,25?,29?,32+,33+,34+/m1/s1. The zero-order valence-electron chi connectivity index (χ0n) is 27.4. The molecule has 0 radical (unpaired) electrons. The van der Waals surface area contributed by atoms with Gasteiger partial charge in [-0.3, -0.25) is 28.8 Å². The van der Waals surface area contributed by atoms with Gasteiger partial charge in [-0.15, -0.1) is 0 Å². The molecule has 10 atom stereocenters. The monoisotopic (exact) mass is 616 g/mol. The van der Waals surface area contributed by atoms with E-state index < -0.39 is 81.4 Å². The number of carboxylic acid groups (broad SMARTS) is 1. The predicted molar refractivity (Wildman–Crippen MR) is 158 cm³/mol. The number of carboxylic acids is 1. The lowest BCUT2D eigenvalue weighted by Crippen LogP contribution is -2.65. The Bertz CT molecular complexity index is 1330. The van der Waals surface area contributed by atoms with E-state index in [1.807, 2.05) is 34.6 Å². The van der Waals surface area contributed by atoms with Gasteiger partial charge in [0.25, 0.3) is 0 Å². The molecule has 10 heteroatoms. The van der Waals surface area contributed by atoms with Crippen molar-refractivity contribution in [1.82, 2.24) is 0 Å². The van der Waals surface area contributed by atoms with Crippen molar-refractivity contribution < 1.29 is 48.5 Å². The van der Waals surface area contributed by atoms with Gasteiger partial charge < -0.3 is 19.7 Å². The van der Waals surface area contributed by atoms with Crippen LogP contribution in [0.25, 0.3) is 0 Å². The third kappa shape index (κ3) is 4.86. The SMILES string of the molecule is CC(=O)OC1C[C@H]([C@H](C)CC(=O)CC(C)C(=O)O)[C@@]2(C)C(OC(C)=O)C(=O)C3=C(C(=O)C[C@H]4C(C)(C)[C@@H](O)CC[C@]34C)[C@]12C. The van der Waals surface area contributed by atoms with Crippen LogP contribution in [-0.4, -0.2) is 63.8 Å². The molecule has 0 aliphatic heterocycles. The van der Waals surface area contributed by atoms with Crippen LogP contribution in [0.3, 0.4) is 0 Å². The fourth-order valence-corrected chi connectivity index (χ4v) is 9.78. The number of ether oxygens (including phenoxy) is 2. The van der Waals surface area contributed by atoms with E-state index in [1.54, 1.807) is 6.92 Å². The van der Waals surface area contributed by atoms with Crippen LogP contribution in [0.5, 0.6) is 0 Å². The lowest BCUT2D eigenvalue weighted by molar-refractivity contribution is -0.181. The van der Waals surface area contributed by atoms with Gasteiger partial charge in [0.2, 0.25) is 5.78 Å². The number of aliphatic hydroxyl groups is 1. The Morgan fingerprint density at radius 2 is 1.52 bits per heavy atom. The molecular weight excluding hydrogens is 568 g/mol. The molecule has 4 aliphatic carbocycles. The van der Waals surface area contributed by atoms with E-state index in [1.165, 1.54) is 20.8 Å². The molecule has 0 heterocycles. The van der Waals surface area contributed by atoms with Crippen molar-refractivity contribution in [2.45, 2.75) is 119 Å².